The molecule has 0 fully saturated rings. The lowest BCUT2D eigenvalue weighted by molar-refractivity contribution is 0.102. The number of hydrogen-bond donors (Lipinski definition) is 1. The SMILES string of the molecule is O=C(Nc1ncc(Br)s1)c1cccc(Cl)c1F. The van der Waals surface area contributed by atoms with Gasteiger partial charge in [0.05, 0.1) is 20.6 Å². The zero-order valence-corrected chi connectivity index (χ0v) is 11.4. The number of rotatable bonds is 2. The van der Waals surface area contributed by atoms with Gasteiger partial charge in [0, 0.05) is 0 Å². The topological polar surface area (TPSA) is 42.0 Å². The van der Waals surface area contributed by atoms with Crippen molar-refractivity contribution in [2.45, 2.75) is 0 Å². The molecule has 1 aromatic heterocycles. The largest absolute Gasteiger partial charge is 0.298 e. The van der Waals surface area contributed by atoms with Crippen LogP contribution in [-0.4, -0.2) is 10.9 Å². The van der Waals surface area contributed by atoms with E-state index in [1.165, 1.54) is 29.5 Å². The molecule has 2 rings (SSSR count). The molecule has 0 radical (unpaired) electrons. The normalized spacial score (nSPS) is 10.3. The van der Waals surface area contributed by atoms with E-state index in [1.807, 2.05) is 0 Å². The van der Waals surface area contributed by atoms with E-state index >= 15 is 0 Å². The second kappa shape index (κ2) is 5.12. The molecule has 0 atom stereocenters. The van der Waals surface area contributed by atoms with Crippen LogP contribution in [0.2, 0.25) is 5.02 Å². The van der Waals surface area contributed by atoms with Gasteiger partial charge in [0.15, 0.2) is 10.9 Å². The monoisotopic (exact) mass is 334 g/mol. The van der Waals surface area contributed by atoms with Gasteiger partial charge in [-0.15, -0.1) is 0 Å². The number of thiazole rings is 1. The van der Waals surface area contributed by atoms with Gasteiger partial charge in [0.25, 0.3) is 5.91 Å². The summed E-state index contributed by atoms with van der Waals surface area (Å²) in [5.41, 5.74) is -0.108. The summed E-state index contributed by atoms with van der Waals surface area (Å²) in [6.45, 7) is 0. The number of hydrogen-bond acceptors (Lipinski definition) is 3. The Labute approximate surface area is 114 Å². The molecule has 0 spiro atoms. The molecule has 17 heavy (non-hydrogen) atoms. The first-order chi connectivity index (χ1) is 8.08. The highest BCUT2D eigenvalue weighted by Gasteiger charge is 2.15. The molecule has 0 aliphatic carbocycles. The van der Waals surface area contributed by atoms with Crippen molar-refractivity contribution in [3.63, 3.8) is 0 Å². The van der Waals surface area contributed by atoms with Gasteiger partial charge in [-0.3, -0.25) is 10.1 Å². The molecule has 1 heterocycles. The third-order valence-corrected chi connectivity index (χ3v) is 3.58. The molecule has 2 aromatic rings. The van der Waals surface area contributed by atoms with E-state index in [0.717, 1.165) is 3.79 Å². The first-order valence-corrected chi connectivity index (χ1v) is 6.43. The Balaban J connectivity index is 2.23. The molecule has 1 aromatic carbocycles. The van der Waals surface area contributed by atoms with Gasteiger partial charge >= 0.3 is 0 Å². The molecule has 0 aliphatic heterocycles. The zero-order chi connectivity index (χ0) is 12.4. The van der Waals surface area contributed by atoms with Gasteiger partial charge in [-0.2, -0.15) is 0 Å². The summed E-state index contributed by atoms with van der Waals surface area (Å²) in [6, 6.07) is 4.25. The predicted molar refractivity (Wildman–Crippen MR) is 69.2 cm³/mol. The van der Waals surface area contributed by atoms with Gasteiger partial charge in [-0.05, 0) is 28.1 Å². The van der Waals surface area contributed by atoms with Crippen LogP contribution in [0.1, 0.15) is 10.4 Å². The van der Waals surface area contributed by atoms with Crippen LogP contribution in [0.25, 0.3) is 0 Å². The summed E-state index contributed by atoms with van der Waals surface area (Å²) in [7, 11) is 0. The first kappa shape index (κ1) is 12.5. The van der Waals surface area contributed by atoms with Crippen LogP contribution in [0.4, 0.5) is 9.52 Å². The molecule has 0 saturated heterocycles. The molecule has 0 saturated carbocycles. The highest BCUT2D eigenvalue weighted by Crippen LogP contribution is 2.24. The van der Waals surface area contributed by atoms with Crippen LogP contribution in [0, 0.1) is 5.82 Å². The molecule has 0 unspecified atom stereocenters. The summed E-state index contributed by atoms with van der Waals surface area (Å²) >= 11 is 10.0. The second-order valence-corrected chi connectivity index (χ2v) is 5.84. The molecule has 88 valence electrons. The Kier molecular flexibility index (Phi) is 3.76. The lowest BCUT2D eigenvalue weighted by atomic mass is 10.2. The number of halogens is 3. The van der Waals surface area contributed by atoms with Gasteiger partial charge in [-0.25, -0.2) is 9.37 Å². The molecule has 0 aliphatic rings. The third-order valence-electron chi connectivity index (χ3n) is 1.89. The average Bonchev–Trinajstić information content (AvgIpc) is 2.68. The minimum atomic E-state index is -0.734. The average molecular weight is 336 g/mol. The quantitative estimate of drug-likeness (QED) is 0.903. The number of benzene rings is 1. The Morgan fingerprint density at radius 3 is 2.94 bits per heavy atom. The third kappa shape index (κ3) is 2.83. The maximum Gasteiger partial charge on any atom is 0.260 e. The number of carbonyl (C=O) groups is 1. The summed E-state index contributed by atoms with van der Waals surface area (Å²) in [5.74, 6) is -1.31. The number of anilines is 1. The van der Waals surface area contributed by atoms with E-state index in [4.69, 9.17) is 11.6 Å². The number of aromatic nitrogens is 1. The Bertz CT molecular complexity index is 575. The van der Waals surface area contributed by atoms with E-state index < -0.39 is 11.7 Å². The van der Waals surface area contributed by atoms with Crippen LogP contribution in [0.15, 0.2) is 28.2 Å². The molecule has 1 amide bonds. The number of amides is 1. The lowest BCUT2D eigenvalue weighted by Gasteiger charge is -2.03. The van der Waals surface area contributed by atoms with Gasteiger partial charge in [-0.1, -0.05) is 29.0 Å². The fraction of sp³-hybridized carbons (Fsp3) is 0. The van der Waals surface area contributed by atoms with Crippen molar-refractivity contribution >= 4 is 49.9 Å². The van der Waals surface area contributed by atoms with Crippen molar-refractivity contribution < 1.29 is 9.18 Å². The predicted octanol–water partition coefficient (Wildman–Crippen LogP) is 3.95. The highest BCUT2D eigenvalue weighted by atomic mass is 79.9. The summed E-state index contributed by atoms with van der Waals surface area (Å²) in [6.07, 6.45) is 1.55. The minimum Gasteiger partial charge on any atom is -0.298 e. The Hall–Kier alpha value is -0.980. The standard InChI is InChI=1S/C10H5BrClFN2OS/c11-7-4-14-10(17-7)15-9(16)5-2-1-3-6(12)8(5)13/h1-4H,(H,14,15,16). The van der Waals surface area contributed by atoms with Crippen molar-refractivity contribution in [1.82, 2.24) is 4.98 Å². The Morgan fingerprint density at radius 2 is 2.29 bits per heavy atom. The highest BCUT2D eigenvalue weighted by molar-refractivity contribution is 9.11. The number of nitrogens with one attached hydrogen (secondary N) is 1. The summed E-state index contributed by atoms with van der Waals surface area (Å²) in [5, 5.41) is 2.79. The minimum absolute atomic E-state index is 0.0852. The van der Waals surface area contributed by atoms with Crippen LogP contribution < -0.4 is 5.32 Å². The smallest absolute Gasteiger partial charge is 0.260 e. The molecular formula is C10H5BrClFN2OS. The van der Waals surface area contributed by atoms with E-state index in [1.54, 1.807) is 6.20 Å². The van der Waals surface area contributed by atoms with Crippen molar-refractivity contribution in [2.75, 3.05) is 5.32 Å². The van der Waals surface area contributed by atoms with Crippen molar-refractivity contribution in [3.05, 3.63) is 44.6 Å². The fourth-order valence-corrected chi connectivity index (χ4v) is 2.43. The molecule has 1 N–H and O–H groups in total. The van der Waals surface area contributed by atoms with Crippen LogP contribution in [-0.2, 0) is 0 Å². The molecule has 0 bridgehead atoms. The van der Waals surface area contributed by atoms with E-state index in [0.29, 0.717) is 5.13 Å². The van der Waals surface area contributed by atoms with Crippen LogP contribution >= 0.6 is 38.9 Å². The number of nitrogens with zero attached hydrogens (tertiary/aromatic N) is 1. The van der Waals surface area contributed by atoms with Crippen LogP contribution in [0.3, 0.4) is 0 Å². The fourth-order valence-electron chi connectivity index (χ4n) is 1.16. The molecule has 3 nitrogen and oxygen atoms in total. The van der Waals surface area contributed by atoms with Gasteiger partial charge in [0.2, 0.25) is 0 Å². The Morgan fingerprint density at radius 1 is 1.53 bits per heavy atom. The molecular weight excluding hydrogens is 331 g/mol. The van der Waals surface area contributed by atoms with E-state index in [2.05, 4.69) is 26.2 Å². The maximum absolute atomic E-state index is 13.5. The zero-order valence-electron chi connectivity index (χ0n) is 8.21. The van der Waals surface area contributed by atoms with Crippen molar-refractivity contribution in [1.29, 1.82) is 0 Å². The van der Waals surface area contributed by atoms with Gasteiger partial charge < -0.3 is 0 Å². The van der Waals surface area contributed by atoms with Crippen molar-refractivity contribution in [3.8, 4) is 0 Å². The van der Waals surface area contributed by atoms with Gasteiger partial charge in [0.1, 0.15) is 0 Å². The summed E-state index contributed by atoms with van der Waals surface area (Å²) < 4.78 is 14.3. The van der Waals surface area contributed by atoms with Crippen molar-refractivity contribution in [2.24, 2.45) is 0 Å². The lowest BCUT2D eigenvalue weighted by Crippen LogP contribution is -2.13. The second-order valence-electron chi connectivity index (χ2n) is 3.03. The maximum atomic E-state index is 13.5. The van der Waals surface area contributed by atoms with E-state index in [9.17, 15) is 9.18 Å². The summed E-state index contributed by atoms with van der Waals surface area (Å²) in [4.78, 5) is 15.7. The molecule has 7 heteroatoms. The van der Waals surface area contributed by atoms with E-state index in [-0.39, 0.29) is 10.6 Å². The first-order valence-electron chi connectivity index (χ1n) is 4.44. The van der Waals surface area contributed by atoms with Crippen LogP contribution in [0.5, 0.6) is 0 Å². The number of carbonyl (C=O) groups excluding carboxylic acids is 1.